The van der Waals surface area contributed by atoms with Crippen LogP contribution in [0.5, 0.6) is 0 Å². The Morgan fingerprint density at radius 2 is 1.90 bits per heavy atom. The van der Waals surface area contributed by atoms with Crippen molar-refractivity contribution in [2.75, 3.05) is 18.0 Å². The number of nitrogens with zero attached hydrogens (tertiary/aromatic N) is 1. The molecule has 2 heteroatoms. The fraction of sp³-hybridized carbons (Fsp3) is 0.667. The highest BCUT2D eigenvalue weighted by molar-refractivity contribution is 5.55. The first kappa shape index (κ1) is 13.9. The van der Waals surface area contributed by atoms with Gasteiger partial charge in [0.1, 0.15) is 0 Å². The molecule has 2 aliphatic rings. The largest absolute Gasteiger partial charge is 0.388 e. The summed E-state index contributed by atoms with van der Waals surface area (Å²) in [5.41, 5.74) is 2.38. The third-order valence-corrected chi connectivity index (χ3v) is 5.31. The average molecular weight is 273 g/mol. The fourth-order valence-electron chi connectivity index (χ4n) is 4.10. The van der Waals surface area contributed by atoms with Gasteiger partial charge in [0.05, 0.1) is 6.10 Å². The van der Waals surface area contributed by atoms with Gasteiger partial charge in [0.2, 0.25) is 0 Å². The lowest BCUT2D eigenvalue weighted by atomic mass is 9.75. The molecule has 0 amide bonds. The molecule has 1 saturated carbocycles. The molecule has 0 spiro atoms. The van der Waals surface area contributed by atoms with Crippen molar-refractivity contribution in [3.05, 3.63) is 29.8 Å². The topological polar surface area (TPSA) is 23.5 Å². The lowest BCUT2D eigenvalue weighted by Crippen LogP contribution is -2.42. The van der Waals surface area contributed by atoms with Gasteiger partial charge in [-0.05, 0) is 37.2 Å². The summed E-state index contributed by atoms with van der Waals surface area (Å²) in [7, 11) is 0. The second-order valence-electron chi connectivity index (χ2n) is 6.52. The lowest BCUT2D eigenvalue weighted by molar-refractivity contribution is 0.172. The maximum Gasteiger partial charge on any atom is 0.0807 e. The summed E-state index contributed by atoms with van der Waals surface area (Å²) in [6, 6.07) is 8.44. The van der Waals surface area contributed by atoms with Gasteiger partial charge in [-0.2, -0.15) is 0 Å². The molecule has 2 unspecified atom stereocenters. The monoisotopic (exact) mass is 273 g/mol. The molecule has 2 fully saturated rings. The van der Waals surface area contributed by atoms with E-state index in [1.54, 1.807) is 0 Å². The van der Waals surface area contributed by atoms with Crippen LogP contribution in [0.1, 0.15) is 57.1 Å². The quantitative estimate of drug-likeness (QED) is 0.894. The summed E-state index contributed by atoms with van der Waals surface area (Å²) in [6.45, 7) is 4.40. The van der Waals surface area contributed by atoms with Crippen LogP contribution in [-0.2, 0) is 0 Å². The van der Waals surface area contributed by atoms with E-state index in [1.165, 1.54) is 44.3 Å². The van der Waals surface area contributed by atoms with E-state index in [0.717, 1.165) is 30.4 Å². The molecule has 110 valence electrons. The van der Waals surface area contributed by atoms with Gasteiger partial charge in [0.15, 0.2) is 0 Å². The minimum Gasteiger partial charge on any atom is -0.388 e. The Morgan fingerprint density at radius 3 is 2.70 bits per heavy atom. The zero-order valence-corrected chi connectivity index (χ0v) is 12.6. The van der Waals surface area contributed by atoms with Crippen molar-refractivity contribution in [1.29, 1.82) is 0 Å². The van der Waals surface area contributed by atoms with E-state index in [1.807, 2.05) is 6.07 Å². The Kier molecular flexibility index (Phi) is 4.30. The molecule has 3 atom stereocenters. The highest BCUT2D eigenvalue weighted by Gasteiger charge is 2.32. The summed E-state index contributed by atoms with van der Waals surface area (Å²) in [5.74, 6) is 1.84. The van der Waals surface area contributed by atoms with Gasteiger partial charge in [0.25, 0.3) is 0 Å². The van der Waals surface area contributed by atoms with Crippen molar-refractivity contribution in [2.24, 2.45) is 11.8 Å². The van der Waals surface area contributed by atoms with Crippen LogP contribution in [0.3, 0.4) is 0 Å². The standard InChI is InChI=1S/C18H27NO/c1-2-18(20)16-9-5-6-10-17(16)19-12-11-14-7-3-4-8-15(14)13-19/h5-6,9-10,14-15,18,20H,2-4,7-8,11-13H2,1H3/t14?,15?,18-/m0/s1. The number of rotatable bonds is 3. The minimum absolute atomic E-state index is 0.324. The Hall–Kier alpha value is -1.02. The highest BCUT2D eigenvalue weighted by Crippen LogP contribution is 2.39. The molecule has 1 saturated heterocycles. The number of para-hydroxylation sites is 1. The molecule has 1 aliphatic heterocycles. The smallest absolute Gasteiger partial charge is 0.0807 e. The third-order valence-electron chi connectivity index (χ3n) is 5.31. The molecule has 1 heterocycles. The molecular weight excluding hydrogens is 246 g/mol. The molecular formula is C18H27NO. The van der Waals surface area contributed by atoms with E-state index in [2.05, 4.69) is 30.0 Å². The van der Waals surface area contributed by atoms with Gasteiger partial charge >= 0.3 is 0 Å². The van der Waals surface area contributed by atoms with E-state index in [4.69, 9.17) is 0 Å². The Morgan fingerprint density at radius 1 is 1.15 bits per heavy atom. The number of hydrogen-bond donors (Lipinski definition) is 1. The second-order valence-corrected chi connectivity index (χ2v) is 6.52. The van der Waals surface area contributed by atoms with Crippen LogP contribution in [0.15, 0.2) is 24.3 Å². The van der Waals surface area contributed by atoms with Crippen LogP contribution in [0, 0.1) is 11.8 Å². The molecule has 1 aromatic rings. The fourth-order valence-corrected chi connectivity index (χ4v) is 4.10. The maximum atomic E-state index is 10.2. The van der Waals surface area contributed by atoms with Gasteiger partial charge in [0, 0.05) is 24.3 Å². The summed E-state index contributed by atoms with van der Waals surface area (Å²) in [6.07, 6.45) is 7.49. The molecule has 20 heavy (non-hydrogen) atoms. The van der Waals surface area contributed by atoms with Crippen LogP contribution in [0.4, 0.5) is 5.69 Å². The Balaban J connectivity index is 1.79. The van der Waals surface area contributed by atoms with Crippen LogP contribution in [0.2, 0.25) is 0 Å². The van der Waals surface area contributed by atoms with Crippen LogP contribution in [0.25, 0.3) is 0 Å². The van der Waals surface area contributed by atoms with Crippen LogP contribution < -0.4 is 4.90 Å². The first-order chi connectivity index (χ1) is 9.79. The van der Waals surface area contributed by atoms with Gasteiger partial charge in [-0.3, -0.25) is 0 Å². The first-order valence-electron chi connectivity index (χ1n) is 8.31. The molecule has 0 bridgehead atoms. The molecule has 1 N–H and O–H groups in total. The number of fused-ring (bicyclic) bond motifs is 1. The summed E-state index contributed by atoms with van der Waals surface area (Å²) >= 11 is 0. The van der Waals surface area contributed by atoms with Gasteiger partial charge in [-0.15, -0.1) is 0 Å². The average Bonchev–Trinajstić information content (AvgIpc) is 2.53. The van der Waals surface area contributed by atoms with Gasteiger partial charge in [-0.1, -0.05) is 44.4 Å². The van der Waals surface area contributed by atoms with Crippen molar-refractivity contribution in [2.45, 2.75) is 51.6 Å². The third kappa shape index (κ3) is 2.71. The Bertz CT molecular complexity index is 445. The normalized spacial score (nSPS) is 28.0. The van der Waals surface area contributed by atoms with E-state index < -0.39 is 0 Å². The molecule has 3 rings (SSSR count). The van der Waals surface area contributed by atoms with Crippen molar-refractivity contribution >= 4 is 5.69 Å². The number of benzene rings is 1. The molecule has 1 aliphatic carbocycles. The molecule has 2 nitrogen and oxygen atoms in total. The van der Waals surface area contributed by atoms with Gasteiger partial charge in [-0.25, -0.2) is 0 Å². The van der Waals surface area contributed by atoms with Crippen molar-refractivity contribution < 1.29 is 5.11 Å². The minimum atomic E-state index is -0.324. The van der Waals surface area contributed by atoms with E-state index >= 15 is 0 Å². The van der Waals surface area contributed by atoms with Gasteiger partial charge < -0.3 is 10.0 Å². The Labute approximate surface area is 122 Å². The van der Waals surface area contributed by atoms with E-state index in [0.29, 0.717) is 0 Å². The number of aliphatic hydroxyl groups is 1. The highest BCUT2D eigenvalue weighted by atomic mass is 16.3. The predicted octanol–water partition coefficient (Wildman–Crippen LogP) is 4.15. The van der Waals surface area contributed by atoms with E-state index in [9.17, 15) is 5.11 Å². The number of piperidine rings is 1. The summed E-state index contributed by atoms with van der Waals surface area (Å²) in [4.78, 5) is 2.53. The zero-order valence-electron chi connectivity index (χ0n) is 12.6. The first-order valence-corrected chi connectivity index (χ1v) is 8.31. The number of aliphatic hydroxyl groups excluding tert-OH is 1. The van der Waals surface area contributed by atoms with Crippen molar-refractivity contribution in [3.63, 3.8) is 0 Å². The second kappa shape index (κ2) is 6.17. The number of hydrogen-bond acceptors (Lipinski definition) is 2. The SMILES string of the molecule is CC[C@H](O)c1ccccc1N1CCC2CCCCC2C1. The molecule has 0 aromatic heterocycles. The zero-order chi connectivity index (χ0) is 13.9. The van der Waals surface area contributed by atoms with Crippen molar-refractivity contribution in [3.8, 4) is 0 Å². The maximum absolute atomic E-state index is 10.2. The van der Waals surface area contributed by atoms with E-state index in [-0.39, 0.29) is 6.10 Å². The summed E-state index contributed by atoms with van der Waals surface area (Å²) in [5, 5.41) is 10.2. The van der Waals surface area contributed by atoms with Crippen molar-refractivity contribution in [1.82, 2.24) is 0 Å². The molecule has 1 aromatic carbocycles. The summed E-state index contributed by atoms with van der Waals surface area (Å²) < 4.78 is 0. The van der Waals surface area contributed by atoms with Crippen LogP contribution in [-0.4, -0.2) is 18.2 Å². The van der Waals surface area contributed by atoms with Crippen LogP contribution >= 0.6 is 0 Å². The number of anilines is 1. The molecule has 0 radical (unpaired) electrons. The predicted molar refractivity (Wildman–Crippen MR) is 84.0 cm³/mol. The lowest BCUT2D eigenvalue weighted by Gasteiger charge is -2.43.